The van der Waals surface area contributed by atoms with E-state index in [0.29, 0.717) is 18.3 Å². The quantitative estimate of drug-likeness (QED) is 0.812. The van der Waals surface area contributed by atoms with Gasteiger partial charge in [-0.15, -0.1) is 0 Å². The Morgan fingerprint density at radius 2 is 1.72 bits per heavy atom. The minimum absolute atomic E-state index is 0.0251. The number of carbonyl (C=O) groups excluding carboxylic acids is 1. The maximum Gasteiger partial charge on any atom is 0.433 e. The molecule has 4 nitrogen and oxygen atoms in total. The number of nitrogens with zero attached hydrogens (tertiary/aromatic N) is 2. The first kappa shape index (κ1) is 19.0. The first-order chi connectivity index (χ1) is 11.5. The molecule has 2 aromatic heterocycles. The van der Waals surface area contributed by atoms with Crippen molar-refractivity contribution in [2.75, 3.05) is 0 Å². The van der Waals surface area contributed by atoms with Crippen LogP contribution in [0, 0.1) is 0 Å². The van der Waals surface area contributed by atoms with Gasteiger partial charge in [-0.05, 0) is 18.2 Å². The van der Waals surface area contributed by atoms with E-state index in [-0.39, 0.29) is 22.8 Å². The molecule has 1 N–H and O–H groups in total. The lowest BCUT2D eigenvalue weighted by Crippen LogP contribution is -2.24. The summed E-state index contributed by atoms with van der Waals surface area (Å²) in [5, 5.41) is 1.98. The van der Waals surface area contributed by atoms with Gasteiger partial charge < -0.3 is 5.32 Å². The first-order valence-corrected chi connectivity index (χ1v) is 6.89. The number of aromatic nitrogens is 2. The monoisotopic (exact) mass is 383 g/mol. The van der Waals surface area contributed by atoms with Crippen LogP contribution in [0.3, 0.4) is 0 Å². The average molecular weight is 384 g/mol. The van der Waals surface area contributed by atoms with Crippen LogP contribution in [0.15, 0.2) is 30.6 Å². The molecular formula is C14H8ClF6N3O. The SMILES string of the molecule is O=C(NCc1ncc(C(F)(F)F)cc1Cl)c1ccc(C(F)(F)F)nc1. The minimum Gasteiger partial charge on any atom is -0.346 e. The van der Waals surface area contributed by atoms with Gasteiger partial charge in [0.1, 0.15) is 5.69 Å². The number of pyridine rings is 2. The molecule has 0 radical (unpaired) electrons. The predicted octanol–water partition coefficient (Wildman–Crippen LogP) is 4.10. The summed E-state index contributed by atoms with van der Waals surface area (Å²) in [6.45, 7) is -0.309. The van der Waals surface area contributed by atoms with Crippen LogP contribution in [0.4, 0.5) is 26.3 Å². The Bertz CT molecular complexity index is 774. The van der Waals surface area contributed by atoms with Gasteiger partial charge in [0.2, 0.25) is 0 Å². The summed E-state index contributed by atoms with van der Waals surface area (Å²) in [5.41, 5.74) is -2.38. The Morgan fingerprint density at radius 3 is 2.20 bits per heavy atom. The molecule has 1 amide bonds. The van der Waals surface area contributed by atoms with Crippen molar-refractivity contribution < 1.29 is 31.1 Å². The van der Waals surface area contributed by atoms with Crippen LogP contribution in [0.25, 0.3) is 0 Å². The fraction of sp³-hybridized carbons (Fsp3) is 0.214. The van der Waals surface area contributed by atoms with Gasteiger partial charge in [-0.3, -0.25) is 14.8 Å². The van der Waals surface area contributed by atoms with Crippen LogP contribution in [0.1, 0.15) is 27.3 Å². The Labute approximate surface area is 141 Å². The van der Waals surface area contributed by atoms with Gasteiger partial charge in [-0.25, -0.2) is 0 Å². The minimum atomic E-state index is -4.63. The fourth-order valence-corrected chi connectivity index (χ4v) is 1.95. The molecule has 0 aliphatic carbocycles. The largest absolute Gasteiger partial charge is 0.433 e. The normalized spacial score (nSPS) is 12.1. The second kappa shape index (κ2) is 6.87. The van der Waals surface area contributed by atoms with E-state index < -0.39 is 29.5 Å². The molecule has 0 aromatic carbocycles. The molecule has 0 spiro atoms. The van der Waals surface area contributed by atoms with E-state index in [9.17, 15) is 31.1 Å². The highest BCUT2D eigenvalue weighted by Crippen LogP contribution is 2.31. The van der Waals surface area contributed by atoms with Gasteiger partial charge in [0.25, 0.3) is 5.91 Å². The van der Waals surface area contributed by atoms with Crippen molar-refractivity contribution in [1.29, 1.82) is 0 Å². The van der Waals surface area contributed by atoms with Crippen molar-refractivity contribution in [3.8, 4) is 0 Å². The Kier molecular flexibility index (Phi) is 5.21. The van der Waals surface area contributed by atoms with Crippen LogP contribution in [0.2, 0.25) is 5.02 Å². The highest BCUT2D eigenvalue weighted by atomic mass is 35.5. The van der Waals surface area contributed by atoms with Crippen LogP contribution in [0.5, 0.6) is 0 Å². The molecule has 25 heavy (non-hydrogen) atoms. The molecule has 11 heteroatoms. The third-order valence-corrected chi connectivity index (χ3v) is 3.30. The van der Waals surface area contributed by atoms with Gasteiger partial charge in [-0.1, -0.05) is 11.6 Å². The van der Waals surface area contributed by atoms with E-state index in [4.69, 9.17) is 11.6 Å². The number of rotatable bonds is 3. The van der Waals surface area contributed by atoms with Crippen LogP contribution >= 0.6 is 11.6 Å². The summed E-state index contributed by atoms with van der Waals surface area (Å²) in [4.78, 5) is 18.5. The summed E-state index contributed by atoms with van der Waals surface area (Å²) in [6, 6.07) is 2.22. The molecule has 0 saturated carbocycles. The molecule has 2 rings (SSSR count). The maximum absolute atomic E-state index is 12.5. The van der Waals surface area contributed by atoms with Crippen molar-refractivity contribution in [3.63, 3.8) is 0 Å². The number of nitrogens with one attached hydrogen (secondary N) is 1. The number of amides is 1. The molecule has 0 aliphatic rings. The van der Waals surface area contributed by atoms with E-state index in [1.807, 2.05) is 0 Å². The zero-order valence-corrected chi connectivity index (χ0v) is 12.8. The molecule has 0 aliphatic heterocycles. The molecule has 2 heterocycles. The highest BCUT2D eigenvalue weighted by molar-refractivity contribution is 6.31. The summed E-state index contributed by atoms with van der Waals surface area (Å²) < 4.78 is 74.6. The number of hydrogen-bond donors (Lipinski definition) is 1. The van der Waals surface area contributed by atoms with E-state index >= 15 is 0 Å². The fourth-order valence-electron chi connectivity index (χ4n) is 1.71. The number of hydrogen-bond acceptors (Lipinski definition) is 3. The maximum atomic E-state index is 12.5. The number of halogens is 7. The smallest absolute Gasteiger partial charge is 0.346 e. The summed E-state index contributed by atoms with van der Waals surface area (Å²) in [7, 11) is 0. The van der Waals surface area contributed by atoms with E-state index in [0.717, 1.165) is 12.3 Å². The van der Waals surface area contributed by atoms with Crippen LogP contribution in [-0.2, 0) is 18.9 Å². The highest BCUT2D eigenvalue weighted by Gasteiger charge is 2.32. The molecule has 0 saturated heterocycles. The van der Waals surface area contributed by atoms with Crippen LogP contribution < -0.4 is 5.32 Å². The third-order valence-electron chi connectivity index (χ3n) is 2.98. The van der Waals surface area contributed by atoms with Crippen molar-refractivity contribution in [1.82, 2.24) is 15.3 Å². The van der Waals surface area contributed by atoms with Crippen LogP contribution in [-0.4, -0.2) is 15.9 Å². The van der Waals surface area contributed by atoms with Gasteiger partial charge in [0, 0.05) is 12.4 Å². The molecule has 2 aromatic rings. The average Bonchev–Trinajstić information content (AvgIpc) is 2.51. The van der Waals surface area contributed by atoms with E-state index in [1.165, 1.54) is 0 Å². The topological polar surface area (TPSA) is 54.9 Å². The lowest BCUT2D eigenvalue weighted by Gasteiger charge is -2.10. The van der Waals surface area contributed by atoms with Gasteiger partial charge in [-0.2, -0.15) is 26.3 Å². The van der Waals surface area contributed by atoms with Gasteiger partial charge in [0.15, 0.2) is 0 Å². The second-order valence-corrected chi connectivity index (χ2v) is 5.17. The molecule has 0 unspecified atom stereocenters. The molecule has 0 atom stereocenters. The first-order valence-electron chi connectivity index (χ1n) is 6.51. The van der Waals surface area contributed by atoms with Crippen molar-refractivity contribution in [3.05, 3.63) is 58.1 Å². The summed E-state index contributed by atoms with van der Waals surface area (Å²) in [6.07, 6.45) is -7.94. The van der Waals surface area contributed by atoms with Gasteiger partial charge in [0.05, 0.1) is 28.4 Å². The third kappa shape index (κ3) is 4.81. The Hall–Kier alpha value is -2.36. The Balaban J connectivity index is 2.05. The number of carbonyl (C=O) groups is 1. The zero-order valence-electron chi connectivity index (χ0n) is 12.0. The predicted molar refractivity (Wildman–Crippen MR) is 74.7 cm³/mol. The van der Waals surface area contributed by atoms with Crippen molar-refractivity contribution in [2.45, 2.75) is 18.9 Å². The van der Waals surface area contributed by atoms with Gasteiger partial charge >= 0.3 is 12.4 Å². The van der Waals surface area contributed by atoms with Crippen molar-refractivity contribution >= 4 is 17.5 Å². The summed E-state index contributed by atoms with van der Waals surface area (Å²) in [5.74, 6) is -0.779. The molecule has 0 bridgehead atoms. The number of alkyl halides is 6. The molecular weight excluding hydrogens is 376 g/mol. The van der Waals surface area contributed by atoms with E-state index in [1.54, 1.807) is 0 Å². The Morgan fingerprint density at radius 1 is 1.04 bits per heavy atom. The summed E-state index contributed by atoms with van der Waals surface area (Å²) >= 11 is 5.68. The lowest BCUT2D eigenvalue weighted by molar-refractivity contribution is -0.141. The lowest BCUT2D eigenvalue weighted by atomic mass is 10.2. The molecule has 134 valence electrons. The molecule has 0 fully saturated rings. The zero-order chi connectivity index (χ0) is 18.8. The van der Waals surface area contributed by atoms with E-state index in [2.05, 4.69) is 15.3 Å². The standard InChI is InChI=1S/C14H8ClF6N3O/c15-9-3-8(13(16,17)18)5-22-10(9)6-24-12(25)7-1-2-11(23-4-7)14(19,20)21/h1-5H,6H2,(H,24,25). The second-order valence-electron chi connectivity index (χ2n) is 4.76. The van der Waals surface area contributed by atoms with Crippen molar-refractivity contribution in [2.24, 2.45) is 0 Å².